The van der Waals surface area contributed by atoms with Crippen LogP contribution in [-0.2, 0) is 11.2 Å². The molecule has 1 aromatic heterocycles. The van der Waals surface area contributed by atoms with Crippen molar-refractivity contribution in [2.24, 2.45) is 0 Å². The van der Waals surface area contributed by atoms with Crippen LogP contribution in [0.3, 0.4) is 0 Å². The van der Waals surface area contributed by atoms with Crippen molar-refractivity contribution in [2.75, 3.05) is 16.0 Å². The fourth-order valence-electron chi connectivity index (χ4n) is 2.23. The van der Waals surface area contributed by atoms with Crippen molar-refractivity contribution >= 4 is 40.3 Å². The number of rotatable bonds is 5. The molecule has 25 heavy (non-hydrogen) atoms. The van der Waals surface area contributed by atoms with Crippen LogP contribution in [0.1, 0.15) is 4.88 Å². The van der Waals surface area contributed by atoms with Crippen molar-refractivity contribution in [3.05, 3.63) is 77.0 Å². The Morgan fingerprint density at radius 1 is 0.720 bits per heavy atom. The molecule has 0 atom stereocenters. The third kappa shape index (κ3) is 5.19. The molecule has 0 fully saturated rings. The molecule has 0 unspecified atom stereocenters. The number of hydrogen-bond acceptors (Lipinski definition) is 3. The molecule has 5 nitrogen and oxygen atoms in total. The van der Waals surface area contributed by atoms with E-state index in [0.29, 0.717) is 17.8 Å². The SMILES string of the molecule is O=C(Cc1cccs1)Nc1ccc(NC(=O)Nc2ccccc2)cc1. The van der Waals surface area contributed by atoms with E-state index in [9.17, 15) is 9.59 Å². The van der Waals surface area contributed by atoms with E-state index in [0.717, 1.165) is 10.6 Å². The fraction of sp³-hybridized carbons (Fsp3) is 0.0526. The highest BCUT2D eigenvalue weighted by atomic mass is 32.1. The lowest BCUT2D eigenvalue weighted by Gasteiger charge is -2.09. The lowest BCUT2D eigenvalue weighted by molar-refractivity contribution is -0.115. The van der Waals surface area contributed by atoms with Gasteiger partial charge >= 0.3 is 6.03 Å². The van der Waals surface area contributed by atoms with Crippen molar-refractivity contribution < 1.29 is 9.59 Å². The van der Waals surface area contributed by atoms with Crippen LogP contribution in [0.2, 0.25) is 0 Å². The van der Waals surface area contributed by atoms with Gasteiger partial charge in [0.25, 0.3) is 0 Å². The van der Waals surface area contributed by atoms with Gasteiger partial charge in [-0.05, 0) is 47.8 Å². The van der Waals surface area contributed by atoms with Crippen molar-refractivity contribution in [3.8, 4) is 0 Å². The Hall–Kier alpha value is -3.12. The molecular weight excluding hydrogens is 334 g/mol. The Labute approximate surface area is 149 Å². The minimum atomic E-state index is -0.319. The topological polar surface area (TPSA) is 70.2 Å². The molecule has 0 radical (unpaired) electrons. The number of nitrogens with one attached hydrogen (secondary N) is 3. The normalized spacial score (nSPS) is 10.1. The molecule has 0 saturated heterocycles. The second kappa shape index (κ2) is 8.12. The molecule has 1 heterocycles. The Morgan fingerprint density at radius 3 is 1.92 bits per heavy atom. The summed E-state index contributed by atoms with van der Waals surface area (Å²) >= 11 is 1.56. The van der Waals surface area contributed by atoms with E-state index in [2.05, 4.69) is 16.0 Å². The molecule has 0 aliphatic rings. The first-order chi connectivity index (χ1) is 12.2. The van der Waals surface area contributed by atoms with Gasteiger partial charge in [0.05, 0.1) is 6.42 Å². The molecule has 6 heteroatoms. The van der Waals surface area contributed by atoms with Crippen LogP contribution in [0.25, 0.3) is 0 Å². The van der Waals surface area contributed by atoms with Crippen LogP contribution < -0.4 is 16.0 Å². The van der Waals surface area contributed by atoms with Crippen molar-refractivity contribution in [2.45, 2.75) is 6.42 Å². The predicted octanol–water partition coefficient (Wildman–Crippen LogP) is 4.57. The predicted molar refractivity (Wildman–Crippen MR) is 102 cm³/mol. The maximum atomic E-state index is 12.0. The number of anilines is 3. The number of benzene rings is 2. The van der Waals surface area contributed by atoms with Gasteiger partial charge in [-0.1, -0.05) is 24.3 Å². The van der Waals surface area contributed by atoms with E-state index < -0.39 is 0 Å². The van der Waals surface area contributed by atoms with E-state index in [-0.39, 0.29) is 11.9 Å². The molecule has 2 aromatic carbocycles. The molecule has 3 amide bonds. The summed E-state index contributed by atoms with van der Waals surface area (Å²) in [6, 6.07) is 19.7. The van der Waals surface area contributed by atoms with Gasteiger partial charge in [-0.2, -0.15) is 0 Å². The Morgan fingerprint density at radius 2 is 1.32 bits per heavy atom. The molecule has 0 spiro atoms. The van der Waals surface area contributed by atoms with Crippen LogP contribution >= 0.6 is 11.3 Å². The number of urea groups is 1. The van der Waals surface area contributed by atoms with Gasteiger partial charge in [0.15, 0.2) is 0 Å². The van der Waals surface area contributed by atoms with Crippen molar-refractivity contribution in [3.63, 3.8) is 0 Å². The Kier molecular flexibility index (Phi) is 5.43. The van der Waals surface area contributed by atoms with E-state index in [1.807, 2.05) is 47.8 Å². The molecule has 0 aliphatic heterocycles. The summed E-state index contributed by atoms with van der Waals surface area (Å²) in [6.07, 6.45) is 0.358. The van der Waals surface area contributed by atoms with Crippen molar-refractivity contribution in [1.29, 1.82) is 0 Å². The highest BCUT2D eigenvalue weighted by molar-refractivity contribution is 7.10. The first-order valence-corrected chi connectivity index (χ1v) is 8.62. The minimum absolute atomic E-state index is 0.0648. The minimum Gasteiger partial charge on any atom is -0.326 e. The molecule has 0 bridgehead atoms. The van der Waals surface area contributed by atoms with E-state index in [4.69, 9.17) is 0 Å². The third-order valence-electron chi connectivity index (χ3n) is 3.37. The van der Waals surface area contributed by atoms with Gasteiger partial charge in [-0.3, -0.25) is 4.79 Å². The lowest BCUT2D eigenvalue weighted by Crippen LogP contribution is -2.19. The van der Waals surface area contributed by atoms with Crippen LogP contribution in [0.5, 0.6) is 0 Å². The van der Waals surface area contributed by atoms with E-state index in [1.165, 1.54) is 0 Å². The number of carbonyl (C=O) groups excluding carboxylic acids is 2. The summed E-state index contributed by atoms with van der Waals surface area (Å²) in [5, 5.41) is 10.3. The van der Waals surface area contributed by atoms with E-state index >= 15 is 0 Å². The summed E-state index contributed by atoms with van der Waals surface area (Å²) in [6.45, 7) is 0. The van der Waals surface area contributed by atoms with Crippen LogP contribution in [0.4, 0.5) is 21.9 Å². The number of hydrogen-bond donors (Lipinski definition) is 3. The second-order valence-electron chi connectivity index (χ2n) is 5.33. The maximum Gasteiger partial charge on any atom is 0.323 e. The van der Waals surface area contributed by atoms with Crippen LogP contribution in [0, 0.1) is 0 Å². The molecule has 0 saturated carbocycles. The highest BCUT2D eigenvalue weighted by Crippen LogP contribution is 2.16. The Balaban J connectivity index is 1.51. The zero-order valence-corrected chi connectivity index (χ0v) is 14.2. The molecule has 3 aromatic rings. The summed E-state index contributed by atoms with van der Waals surface area (Å²) in [5.41, 5.74) is 2.05. The molecule has 0 aliphatic carbocycles. The summed E-state index contributed by atoms with van der Waals surface area (Å²) < 4.78 is 0. The van der Waals surface area contributed by atoms with Gasteiger partial charge in [0.2, 0.25) is 5.91 Å². The molecule has 126 valence electrons. The number of amides is 3. The van der Waals surface area contributed by atoms with E-state index in [1.54, 1.807) is 35.6 Å². The fourth-order valence-corrected chi connectivity index (χ4v) is 2.93. The second-order valence-corrected chi connectivity index (χ2v) is 6.36. The lowest BCUT2D eigenvalue weighted by atomic mass is 10.2. The maximum absolute atomic E-state index is 12.0. The zero-order chi connectivity index (χ0) is 17.5. The first-order valence-electron chi connectivity index (χ1n) is 7.74. The largest absolute Gasteiger partial charge is 0.326 e. The number of thiophene rings is 1. The number of para-hydroxylation sites is 1. The zero-order valence-electron chi connectivity index (χ0n) is 13.4. The van der Waals surface area contributed by atoms with Gasteiger partial charge in [-0.15, -0.1) is 11.3 Å². The van der Waals surface area contributed by atoms with Gasteiger partial charge < -0.3 is 16.0 Å². The van der Waals surface area contributed by atoms with Gasteiger partial charge in [0, 0.05) is 21.9 Å². The molecule has 3 rings (SSSR count). The summed E-state index contributed by atoms with van der Waals surface area (Å²) in [5.74, 6) is -0.0648. The highest BCUT2D eigenvalue weighted by Gasteiger charge is 2.06. The average Bonchev–Trinajstić information content (AvgIpc) is 3.10. The smallest absolute Gasteiger partial charge is 0.323 e. The van der Waals surface area contributed by atoms with Crippen LogP contribution in [-0.4, -0.2) is 11.9 Å². The van der Waals surface area contributed by atoms with Crippen molar-refractivity contribution in [1.82, 2.24) is 0 Å². The summed E-state index contributed by atoms with van der Waals surface area (Å²) in [7, 11) is 0. The standard InChI is InChI=1S/C19H17N3O2S/c23-18(13-17-7-4-12-25-17)20-15-8-10-16(11-9-15)22-19(24)21-14-5-2-1-3-6-14/h1-12H,13H2,(H,20,23)(H2,21,22,24). The van der Waals surface area contributed by atoms with Crippen LogP contribution in [0.15, 0.2) is 72.1 Å². The number of carbonyl (C=O) groups is 2. The monoisotopic (exact) mass is 351 g/mol. The average molecular weight is 351 g/mol. The first kappa shape index (κ1) is 16.7. The van der Waals surface area contributed by atoms with Gasteiger partial charge in [-0.25, -0.2) is 4.79 Å². The molecule has 3 N–H and O–H groups in total. The quantitative estimate of drug-likeness (QED) is 0.630. The summed E-state index contributed by atoms with van der Waals surface area (Å²) in [4.78, 5) is 24.9. The van der Waals surface area contributed by atoms with Gasteiger partial charge in [0.1, 0.15) is 0 Å². The Bertz CT molecular complexity index is 831. The molecular formula is C19H17N3O2S. The third-order valence-corrected chi connectivity index (χ3v) is 4.25.